The summed E-state index contributed by atoms with van der Waals surface area (Å²) in [5.74, 6) is 0.808. The van der Waals surface area contributed by atoms with Gasteiger partial charge in [-0.1, -0.05) is 24.3 Å². The lowest BCUT2D eigenvalue weighted by molar-refractivity contribution is 0.102. The predicted octanol–water partition coefficient (Wildman–Crippen LogP) is 5.06. The molecule has 0 fully saturated rings. The first-order valence-corrected chi connectivity index (χ1v) is 8.56. The molecule has 0 aliphatic rings. The molecule has 0 atom stereocenters. The number of nitrogens with one attached hydrogen (secondary N) is 1. The van der Waals surface area contributed by atoms with E-state index >= 15 is 0 Å². The van der Waals surface area contributed by atoms with Gasteiger partial charge in [0.25, 0.3) is 5.91 Å². The fourth-order valence-electron chi connectivity index (χ4n) is 2.92. The first-order chi connectivity index (χ1) is 13.1. The Morgan fingerprint density at radius 1 is 1.04 bits per heavy atom. The molecule has 0 radical (unpaired) electrons. The number of amides is 1. The maximum atomic E-state index is 12.6. The van der Waals surface area contributed by atoms with Gasteiger partial charge in [0.2, 0.25) is 5.89 Å². The molecular weight excluding hydrogens is 340 g/mol. The van der Waals surface area contributed by atoms with Crippen molar-refractivity contribution in [3.05, 3.63) is 77.9 Å². The standard InChI is InChI=1S/C22H18N2O3/c1-14-10-11-18-20(12-14)27-22(24-18)15-6-5-7-16(13-15)23-21(25)17-8-3-4-9-19(17)26-2/h3-13H,1-2H3,(H,23,25). The zero-order chi connectivity index (χ0) is 18.8. The molecule has 3 aromatic carbocycles. The second-order valence-corrected chi connectivity index (χ2v) is 6.23. The van der Waals surface area contributed by atoms with Crippen molar-refractivity contribution in [1.29, 1.82) is 0 Å². The lowest BCUT2D eigenvalue weighted by atomic mass is 10.1. The minimum atomic E-state index is -0.238. The summed E-state index contributed by atoms with van der Waals surface area (Å²) in [6.45, 7) is 2.01. The van der Waals surface area contributed by atoms with Gasteiger partial charge in [-0.3, -0.25) is 4.79 Å². The number of anilines is 1. The summed E-state index contributed by atoms with van der Waals surface area (Å²) >= 11 is 0. The smallest absolute Gasteiger partial charge is 0.259 e. The topological polar surface area (TPSA) is 64.4 Å². The predicted molar refractivity (Wildman–Crippen MR) is 105 cm³/mol. The molecular formula is C22H18N2O3. The summed E-state index contributed by atoms with van der Waals surface area (Å²) in [5.41, 5.74) is 4.59. The Bertz CT molecular complexity index is 1130. The van der Waals surface area contributed by atoms with Gasteiger partial charge >= 0.3 is 0 Å². The largest absolute Gasteiger partial charge is 0.496 e. The van der Waals surface area contributed by atoms with Crippen LogP contribution in [0.1, 0.15) is 15.9 Å². The SMILES string of the molecule is COc1ccccc1C(=O)Nc1cccc(-c2nc3ccc(C)cc3o2)c1. The van der Waals surface area contributed by atoms with Crippen LogP contribution in [0.5, 0.6) is 5.75 Å². The molecule has 0 aliphatic carbocycles. The van der Waals surface area contributed by atoms with E-state index in [-0.39, 0.29) is 5.91 Å². The number of aromatic nitrogens is 1. The van der Waals surface area contributed by atoms with E-state index in [1.807, 2.05) is 55.5 Å². The Morgan fingerprint density at radius 2 is 1.89 bits per heavy atom. The quantitative estimate of drug-likeness (QED) is 0.553. The van der Waals surface area contributed by atoms with Crippen molar-refractivity contribution in [3.8, 4) is 17.2 Å². The number of carbonyl (C=O) groups is 1. The Morgan fingerprint density at radius 3 is 2.74 bits per heavy atom. The molecule has 1 heterocycles. The van der Waals surface area contributed by atoms with Crippen molar-refractivity contribution in [2.24, 2.45) is 0 Å². The number of methoxy groups -OCH3 is 1. The number of rotatable bonds is 4. The molecule has 5 heteroatoms. The number of hydrogen-bond acceptors (Lipinski definition) is 4. The Balaban J connectivity index is 1.63. The number of para-hydroxylation sites is 1. The van der Waals surface area contributed by atoms with Crippen LogP contribution in [-0.2, 0) is 0 Å². The highest BCUT2D eigenvalue weighted by Gasteiger charge is 2.13. The van der Waals surface area contributed by atoms with Crippen LogP contribution in [0, 0.1) is 6.92 Å². The highest BCUT2D eigenvalue weighted by atomic mass is 16.5. The third-order valence-electron chi connectivity index (χ3n) is 4.26. The van der Waals surface area contributed by atoms with Gasteiger partial charge in [-0.15, -0.1) is 0 Å². The van der Waals surface area contributed by atoms with E-state index in [2.05, 4.69) is 10.3 Å². The highest BCUT2D eigenvalue weighted by Crippen LogP contribution is 2.27. The number of carbonyl (C=O) groups excluding carboxylic acids is 1. The summed E-state index contributed by atoms with van der Waals surface area (Å²) in [6.07, 6.45) is 0. The molecule has 0 bridgehead atoms. The minimum Gasteiger partial charge on any atom is -0.496 e. The molecule has 0 saturated heterocycles. The van der Waals surface area contributed by atoms with Gasteiger partial charge in [0.15, 0.2) is 5.58 Å². The van der Waals surface area contributed by atoms with Gasteiger partial charge in [-0.05, 0) is 55.0 Å². The van der Waals surface area contributed by atoms with Crippen LogP contribution in [0.25, 0.3) is 22.6 Å². The molecule has 0 spiro atoms. The summed E-state index contributed by atoms with van der Waals surface area (Å²) in [6, 6.07) is 20.4. The fraction of sp³-hybridized carbons (Fsp3) is 0.0909. The maximum Gasteiger partial charge on any atom is 0.259 e. The monoisotopic (exact) mass is 358 g/mol. The zero-order valence-electron chi connectivity index (χ0n) is 15.0. The van der Waals surface area contributed by atoms with Gasteiger partial charge in [-0.2, -0.15) is 0 Å². The van der Waals surface area contributed by atoms with E-state index in [1.165, 1.54) is 0 Å². The van der Waals surface area contributed by atoms with Crippen LogP contribution in [0.3, 0.4) is 0 Å². The number of aryl methyl sites for hydroxylation is 1. The third-order valence-corrected chi connectivity index (χ3v) is 4.26. The number of nitrogens with zero attached hydrogens (tertiary/aromatic N) is 1. The first kappa shape index (κ1) is 16.8. The zero-order valence-corrected chi connectivity index (χ0v) is 15.0. The molecule has 4 aromatic rings. The van der Waals surface area contributed by atoms with Crippen LogP contribution in [0.15, 0.2) is 71.1 Å². The molecule has 1 aromatic heterocycles. The van der Waals surface area contributed by atoms with Crippen LogP contribution in [-0.4, -0.2) is 18.0 Å². The Labute approximate surface area is 156 Å². The lowest BCUT2D eigenvalue weighted by Gasteiger charge is -2.09. The second kappa shape index (κ2) is 6.96. The molecule has 1 N–H and O–H groups in total. The number of benzene rings is 3. The molecule has 1 amide bonds. The van der Waals surface area contributed by atoms with Crippen LogP contribution < -0.4 is 10.1 Å². The summed E-state index contributed by atoms with van der Waals surface area (Å²) in [7, 11) is 1.54. The molecule has 0 unspecified atom stereocenters. The molecule has 0 saturated carbocycles. The molecule has 5 nitrogen and oxygen atoms in total. The Kier molecular flexibility index (Phi) is 4.34. The van der Waals surface area contributed by atoms with E-state index in [0.29, 0.717) is 22.9 Å². The van der Waals surface area contributed by atoms with Gasteiger partial charge < -0.3 is 14.5 Å². The van der Waals surface area contributed by atoms with Crippen LogP contribution in [0.4, 0.5) is 5.69 Å². The molecule has 134 valence electrons. The van der Waals surface area contributed by atoms with Crippen molar-refractivity contribution in [1.82, 2.24) is 4.98 Å². The number of hydrogen-bond donors (Lipinski definition) is 1. The fourth-order valence-corrected chi connectivity index (χ4v) is 2.92. The molecule has 4 rings (SSSR count). The lowest BCUT2D eigenvalue weighted by Crippen LogP contribution is -2.13. The van der Waals surface area contributed by atoms with Crippen molar-refractivity contribution < 1.29 is 13.9 Å². The van der Waals surface area contributed by atoms with Crippen LogP contribution in [0.2, 0.25) is 0 Å². The van der Waals surface area contributed by atoms with Crippen LogP contribution >= 0.6 is 0 Å². The molecule has 0 aliphatic heterocycles. The Hall–Kier alpha value is -3.60. The average Bonchev–Trinajstić information content (AvgIpc) is 3.11. The van der Waals surface area contributed by atoms with Gasteiger partial charge in [0, 0.05) is 11.3 Å². The maximum absolute atomic E-state index is 12.6. The van der Waals surface area contributed by atoms with Gasteiger partial charge in [0.1, 0.15) is 11.3 Å². The van der Waals surface area contributed by atoms with E-state index < -0.39 is 0 Å². The number of ether oxygens (including phenoxy) is 1. The summed E-state index contributed by atoms with van der Waals surface area (Å²) < 4.78 is 11.1. The third kappa shape index (κ3) is 3.40. The summed E-state index contributed by atoms with van der Waals surface area (Å²) in [5, 5.41) is 2.90. The van der Waals surface area contributed by atoms with Crippen molar-refractivity contribution >= 4 is 22.7 Å². The van der Waals surface area contributed by atoms with Crippen molar-refractivity contribution in [3.63, 3.8) is 0 Å². The highest BCUT2D eigenvalue weighted by molar-refractivity contribution is 6.06. The minimum absolute atomic E-state index is 0.238. The normalized spacial score (nSPS) is 10.7. The van der Waals surface area contributed by atoms with E-state index in [9.17, 15) is 4.79 Å². The number of oxazole rings is 1. The van der Waals surface area contributed by atoms with Crippen molar-refractivity contribution in [2.75, 3.05) is 12.4 Å². The van der Waals surface area contributed by atoms with Crippen molar-refractivity contribution in [2.45, 2.75) is 6.92 Å². The van der Waals surface area contributed by atoms with E-state index in [4.69, 9.17) is 9.15 Å². The summed E-state index contributed by atoms with van der Waals surface area (Å²) in [4.78, 5) is 17.1. The van der Waals surface area contributed by atoms with E-state index in [0.717, 1.165) is 22.2 Å². The molecule has 27 heavy (non-hydrogen) atoms. The first-order valence-electron chi connectivity index (χ1n) is 8.56. The van der Waals surface area contributed by atoms with Gasteiger partial charge in [-0.25, -0.2) is 4.98 Å². The number of fused-ring (bicyclic) bond motifs is 1. The second-order valence-electron chi connectivity index (χ2n) is 6.23. The van der Waals surface area contributed by atoms with E-state index in [1.54, 1.807) is 25.3 Å². The van der Waals surface area contributed by atoms with Gasteiger partial charge in [0.05, 0.1) is 12.7 Å². The average molecular weight is 358 g/mol.